The Labute approximate surface area is 243 Å². The second-order valence-electron chi connectivity index (χ2n) is 11.4. The number of nitrogens with one attached hydrogen (secondary N) is 1. The number of halogens is 1. The molecular formula is C30H34FN5O4S. The standard InChI is InChI=1S/C30H34FN5O4S/c1-3-18-16-36(25-22(37)17-40-26(18)25)29(39)24(19-6-4-5-7-19)32-28(38)21-10-8-20(9-11-21)23-27(31)41-30(33-23)35-14-12-34(2)13-15-35/h1,8-11,18-19,24-26H,4-7,12-17H2,2H3,(H,32,38)/t18-,24+,25?,26-/m1/s1. The number of hydrogen-bond acceptors (Lipinski definition) is 8. The third kappa shape index (κ3) is 5.36. The molecule has 1 unspecified atom stereocenters. The topological polar surface area (TPSA) is 95.1 Å². The summed E-state index contributed by atoms with van der Waals surface area (Å²) in [6.45, 7) is 3.58. The van der Waals surface area contributed by atoms with Crippen LogP contribution in [0.25, 0.3) is 11.3 Å². The molecule has 4 heterocycles. The number of piperazine rings is 1. The fourth-order valence-electron chi connectivity index (χ4n) is 6.49. The van der Waals surface area contributed by atoms with Crippen LogP contribution >= 0.6 is 11.3 Å². The number of carbonyl (C=O) groups excluding carboxylic acids is 3. The number of rotatable bonds is 6. The smallest absolute Gasteiger partial charge is 0.251 e. The summed E-state index contributed by atoms with van der Waals surface area (Å²) in [5.41, 5.74) is 1.22. The van der Waals surface area contributed by atoms with Crippen LogP contribution in [-0.2, 0) is 14.3 Å². The van der Waals surface area contributed by atoms with E-state index >= 15 is 0 Å². The van der Waals surface area contributed by atoms with Gasteiger partial charge in [0.05, 0.1) is 5.92 Å². The van der Waals surface area contributed by atoms with E-state index in [4.69, 9.17) is 11.2 Å². The Balaban J connectivity index is 1.17. The first-order chi connectivity index (χ1) is 19.8. The van der Waals surface area contributed by atoms with Gasteiger partial charge in [0, 0.05) is 43.9 Å². The molecule has 41 heavy (non-hydrogen) atoms. The predicted octanol–water partition coefficient (Wildman–Crippen LogP) is 2.42. The van der Waals surface area contributed by atoms with Gasteiger partial charge in [-0.3, -0.25) is 14.4 Å². The van der Waals surface area contributed by atoms with Crippen LogP contribution in [0, 0.1) is 29.3 Å². The van der Waals surface area contributed by atoms with Gasteiger partial charge in [0.15, 0.2) is 10.9 Å². The summed E-state index contributed by atoms with van der Waals surface area (Å²) in [7, 11) is 2.07. The lowest BCUT2D eigenvalue weighted by Crippen LogP contribution is -2.54. The van der Waals surface area contributed by atoms with E-state index in [9.17, 15) is 18.8 Å². The maximum Gasteiger partial charge on any atom is 0.251 e. The monoisotopic (exact) mass is 579 g/mol. The lowest BCUT2D eigenvalue weighted by atomic mass is 9.95. The van der Waals surface area contributed by atoms with Crippen LogP contribution in [0.5, 0.6) is 0 Å². The first kappa shape index (κ1) is 27.8. The molecule has 4 fully saturated rings. The summed E-state index contributed by atoms with van der Waals surface area (Å²) in [5.74, 6) is 1.46. The van der Waals surface area contributed by atoms with Gasteiger partial charge in [-0.25, -0.2) is 4.98 Å². The maximum atomic E-state index is 14.9. The lowest BCUT2D eigenvalue weighted by molar-refractivity contribution is -0.139. The molecule has 1 aliphatic carbocycles. The van der Waals surface area contributed by atoms with Crippen molar-refractivity contribution in [2.24, 2.45) is 11.8 Å². The predicted molar refractivity (Wildman–Crippen MR) is 153 cm³/mol. The molecule has 9 nitrogen and oxygen atoms in total. The fraction of sp³-hybridized carbons (Fsp3) is 0.533. The van der Waals surface area contributed by atoms with Gasteiger partial charge in [0.2, 0.25) is 11.0 Å². The number of hydrogen-bond donors (Lipinski definition) is 1. The summed E-state index contributed by atoms with van der Waals surface area (Å²) in [5, 5.41) is 3.27. The van der Waals surface area contributed by atoms with Gasteiger partial charge in [0.25, 0.3) is 5.91 Å². The normalized spacial score (nSPS) is 25.8. The van der Waals surface area contributed by atoms with Gasteiger partial charge in [0.1, 0.15) is 30.5 Å². The van der Waals surface area contributed by atoms with E-state index in [1.807, 2.05) is 0 Å². The van der Waals surface area contributed by atoms with Crippen molar-refractivity contribution in [3.63, 3.8) is 0 Å². The zero-order valence-electron chi connectivity index (χ0n) is 23.1. The van der Waals surface area contributed by atoms with E-state index < -0.39 is 24.1 Å². The van der Waals surface area contributed by atoms with E-state index in [0.29, 0.717) is 16.3 Å². The second kappa shape index (κ2) is 11.5. The van der Waals surface area contributed by atoms with Gasteiger partial charge < -0.3 is 24.8 Å². The van der Waals surface area contributed by atoms with Crippen molar-refractivity contribution in [3.05, 3.63) is 35.0 Å². The Kier molecular flexibility index (Phi) is 7.81. The van der Waals surface area contributed by atoms with Crippen LogP contribution in [-0.4, -0.2) is 96.9 Å². The number of benzene rings is 1. The Morgan fingerprint density at radius 1 is 1.17 bits per heavy atom. The molecule has 4 aliphatic rings. The summed E-state index contributed by atoms with van der Waals surface area (Å²) >= 11 is 1.04. The van der Waals surface area contributed by atoms with Crippen molar-refractivity contribution >= 4 is 34.1 Å². The zero-order valence-corrected chi connectivity index (χ0v) is 23.9. The molecule has 2 aromatic rings. The largest absolute Gasteiger partial charge is 0.366 e. The Morgan fingerprint density at radius 2 is 1.88 bits per heavy atom. The molecule has 1 saturated carbocycles. The van der Waals surface area contributed by atoms with Gasteiger partial charge in [-0.15, -0.1) is 6.42 Å². The fourth-order valence-corrected chi connectivity index (χ4v) is 7.36. The number of fused-ring (bicyclic) bond motifs is 1. The highest BCUT2D eigenvalue weighted by Gasteiger charge is 2.53. The van der Waals surface area contributed by atoms with Crippen LogP contribution in [0.1, 0.15) is 36.0 Å². The number of ether oxygens (including phenoxy) is 1. The minimum absolute atomic E-state index is 0.0245. The highest BCUT2D eigenvalue weighted by atomic mass is 32.1. The number of aromatic nitrogens is 1. The average Bonchev–Trinajstić information content (AvgIpc) is 3.78. The number of anilines is 1. The lowest BCUT2D eigenvalue weighted by Gasteiger charge is -2.31. The number of terminal acetylenes is 1. The molecule has 0 bridgehead atoms. The van der Waals surface area contributed by atoms with Gasteiger partial charge >= 0.3 is 0 Å². The minimum Gasteiger partial charge on any atom is -0.366 e. The Morgan fingerprint density at radius 3 is 2.56 bits per heavy atom. The number of thiazole rings is 1. The first-order valence-electron chi connectivity index (χ1n) is 14.3. The third-order valence-electron chi connectivity index (χ3n) is 8.87. The van der Waals surface area contributed by atoms with Gasteiger partial charge in [-0.1, -0.05) is 42.2 Å². The summed E-state index contributed by atoms with van der Waals surface area (Å²) in [4.78, 5) is 50.3. The number of ketones is 1. The Hall–Kier alpha value is -3.33. The number of nitrogens with zero attached hydrogens (tertiary/aromatic N) is 4. The number of carbonyl (C=O) groups is 3. The van der Waals surface area contributed by atoms with E-state index in [0.717, 1.165) is 63.2 Å². The van der Waals surface area contributed by atoms with Crippen molar-refractivity contribution in [2.45, 2.75) is 43.9 Å². The molecule has 2 amide bonds. The molecule has 0 radical (unpaired) electrons. The Bertz CT molecular complexity index is 1360. The van der Waals surface area contributed by atoms with Crippen molar-refractivity contribution in [3.8, 4) is 23.6 Å². The van der Waals surface area contributed by atoms with Crippen LogP contribution in [0.3, 0.4) is 0 Å². The van der Waals surface area contributed by atoms with Crippen LogP contribution in [0.4, 0.5) is 9.52 Å². The van der Waals surface area contributed by atoms with Crippen molar-refractivity contribution in [1.82, 2.24) is 20.1 Å². The number of likely N-dealkylation sites (tertiary alicyclic amines) is 1. The minimum atomic E-state index is -0.766. The molecular weight excluding hydrogens is 545 g/mol. The summed E-state index contributed by atoms with van der Waals surface area (Å²) < 4.78 is 20.5. The number of amides is 2. The number of likely N-dealkylation sites (N-methyl/N-ethyl adjacent to an activating group) is 1. The molecule has 0 spiro atoms. The molecule has 216 valence electrons. The third-order valence-corrected chi connectivity index (χ3v) is 9.78. The SMILES string of the molecule is C#C[C@@H]1CN(C(=O)[C@@H](NC(=O)c2ccc(-c3nc(N4CCN(C)CC4)sc3F)cc2)C2CCCC2)C2C(=O)CO[C@@H]21. The molecule has 1 aromatic heterocycles. The molecule has 4 atom stereocenters. The summed E-state index contributed by atoms with van der Waals surface area (Å²) in [6, 6.07) is 5.16. The molecule has 1 N–H and O–H groups in total. The van der Waals surface area contributed by atoms with Crippen molar-refractivity contribution in [2.75, 3.05) is 51.3 Å². The molecule has 11 heteroatoms. The molecule has 1 aromatic carbocycles. The molecule has 3 aliphatic heterocycles. The van der Waals surface area contributed by atoms with E-state index in [2.05, 4.69) is 33.1 Å². The van der Waals surface area contributed by atoms with E-state index in [1.165, 1.54) is 4.90 Å². The summed E-state index contributed by atoms with van der Waals surface area (Å²) in [6.07, 6.45) is 8.79. The quantitative estimate of drug-likeness (QED) is 0.526. The maximum absolute atomic E-state index is 14.9. The van der Waals surface area contributed by atoms with Crippen molar-refractivity contribution < 1.29 is 23.5 Å². The van der Waals surface area contributed by atoms with Gasteiger partial charge in [-0.2, -0.15) is 4.39 Å². The number of Topliss-reactive ketones (excluding diaryl/α,β-unsaturated/α-hetero) is 1. The van der Waals surface area contributed by atoms with Gasteiger partial charge in [-0.05, 0) is 37.9 Å². The first-order valence-corrected chi connectivity index (χ1v) is 15.1. The molecule has 6 rings (SSSR count). The molecule has 3 saturated heterocycles. The average molecular weight is 580 g/mol. The zero-order chi connectivity index (χ0) is 28.7. The van der Waals surface area contributed by atoms with Crippen molar-refractivity contribution in [1.29, 1.82) is 0 Å². The van der Waals surface area contributed by atoms with E-state index in [-0.39, 0.29) is 47.5 Å². The van der Waals surface area contributed by atoms with Crippen LogP contribution < -0.4 is 10.2 Å². The highest BCUT2D eigenvalue weighted by molar-refractivity contribution is 7.14. The van der Waals surface area contributed by atoms with Crippen LogP contribution in [0.2, 0.25) is 0 Å². The highest BCUT2D eigenvalue weighted by Crippen LogP contribution is 2.35. The van der Waals surface area contributed by atoms with Crippen LogP contribution in [0.15, 0.2) is 24.3 Å². The second-order valence-corrected chi connectivity index (χ2v) is 12.4. The van der Waals surface area contributed by atoms with E-state index in [1.54, 1.807) is 24.3 Å².